The Morgan fingerprint density at radius 3 is 2.73 bits per heavy atom. The molecule has 3 aromatic rings. The van der Waals surface area contributed by atoms with Gasteiger partial charge in [0, 0.05) is 23.8 Å². The van der Waals surface area contributed by atoms with E-state index in [4.69, 9.17) is 21.1 Å². The number of halogens is 2. The van der Waals surface area contributed by atoms with E-state index in [1.165, 1.54) is 42.5 Å². The zero-order valence-corrected chi connectivity index (χ0v) is 16.1. The van der Waals surface area contributed by atoms with Gasteiger partial charge in [0.05, 0.1) is 15.5 Å². The van der Waals surface area contributed by atoms with Crippen molar-refractivity contribution in [2.45, 2.75) is 6.61 Å². The van der Waals surface area contributed by atoms with Gasteiger partial charge < -0.3 is 9.47 Å². The van der Waals surface area contributed by atoms with Gasteiger partial charge in [0.1, 0.15) is 23.9 Å². The largest absolute Gasteiger partial charge is 0.489 e. The average Bonchev–Trinajstić information content (AvgIpc) is 3.02. The van der Waals surface area contributed by atoms with Crippen LogP contribution in [0.1, 0.15) is 21.5 Å². The minimum Gasteiger partial charge on any atom is -0.489 e. The van der Waals surface area contributed by atoms with Crippen LogP contribution in [0.15, 0.2) is 66.4 Å². The highest BCUT2D eigenvalue weighted by molar-refractivity contribution is 6.31. The SMILES string of the molecule is O=C1/C(=C/c2cccc([N+](=O)[O-])c2)Oc2cc(OCc3ccc(F)cc3Cl)ccc21. The maximum Gasteiger partial charge on any atom is 0.270 e. The highest BCUT2D eigenvalue weighted by Gasteiger charge is 2.28. The first-order chi connectivity index (χ1) is 14.4. The number of nitrogens with zero attached hydrogens (tertiary/aromatic N) is 1. The Kier molecular flexibility index (Phi) is 5.20. The number of benzene rings is 3. The van der Waals surface area contributed by atoms with Crippen LogP contribution in [-0.4, -0.2) is 10.7 Å². The number of hydrogen-bond acceptors (Lipinski definition) is 5. The lowest BCUT2D eigenvalue weighted by Crippen LogP contribution is -1.98. The van der Waals surface area contributed by atoms with Crippen molar-refractivity contribution in [3.05, 3.63) is 104 Å². The molecule has 0 unspecified atom stereocenters. The predicted molar refractivity (Wildman–Crippen MR) is 108 cm³/mol. The van der Waals surface area contributed by atoms with Crippen LogP contribution in [0.25, 0.3) is 6.08 Å². The molecule has 0 saturated carbocycles. The molecule has 30 heavy (non-hydrogen) atoms. The van der Waals surface area contributed by atoms with Crippen molar-refractivity contribution in [2.24, 2.45) is 0 Å². The second-order valence-corrected chi connectivity index (χ2v) is 6.88. The van der Waals surface area contributed by atoms with Crippen molar-refractivity contribution in [3.63, 3.8) is 0 Å². The van der Waals surface area contributed by atoms with E-state index in [1.807, 2.05) is 0 Å². The van der Waals surface area contributed by atoms with Crippen LogP contribution in [0.3, 0.4) is 0 Å². The van der Waals surface area contributed by atoms with Crippen LogP contribution in [0.2, 0.25) is 5.02 Å². The molecule has 0 aromatic heterocycles. The summed E-state index contributed by atoms with van der Waals surface area (Å²) < 4.78 is 24.5. The highest BCUT2D eigenvalue weighted by Crippen LogP contribution is 2.35. The number of carbonyl (C=O) groups is 1. The molecule has 0 N–H and O–H groups in total. The third-order valence-electron chi connectivity index (χ3n) is 4.43. The lowest BCUT2D eigenvalue weighted by atomic mass is 10.1. The third-order valence-corrected chi connectivity index (χ3v) is 4.78. The number of ether oxygens (including phenoxy) is 2. The summed E-state index contributed by atoms with van der Waals surface area (Å²) in [6.45, 7) is 0.113. The summed E-state index contributed by atoms with van der Waals surface area (Å²) in [5.74, 6) is 0.0584. The Labute approximate surface area is 175 Å². The number of hydrogen-bond donors (Lipinski definition) is 0. The topological polar surface area (TPSA) is 78.7 Å². The Bertz CT molecular complexity index is 1210. The molecular weight excluding hydrogens is 413 g/mol. The molecular formula is C22H13ClFNO5. The summed E-state index contributed by atoms with van der Waals surface area (Å²) in [5.41, 5.74) is 1.37. The van der Waals surface area contributed by atoms with E-state index in [0.717, 1.165) is 0 Å². The molecule has 0 bridgehead atoms. The van der Waals surface area contributed by atoms with E-state index in [0.29, 0.717) is 28.2 Å². The van der Waals surface area contributed by atoms with E-state index < -0.39 is 10.7 Å². The Balaban J connectivity index is 1.52. The van der Waals surface area contributed by atoms with E-state index in [-0.39, 0.29) is 28.9 Å². The fraction of sp³-hybridized carbons (Fsp3) is 0.0455. The van der Waals surface area contributed by atoms with Crippen LogP contribution in [-0.2, 0) is 6.61 Å². The summed E-state index contributed by atoms with van der Waals surface area (Å²) in [6, 6.07) is 14.7. The van der Waals surface area contributed by atoms with Gasteiger partial charge in [0.25, 0.3) is 5.69 Å². The molecule has 0 amide bonds. The minimum atomic E-state index is -0.509. The number of non-ortho nitro benzene ring substituents is 1. The van der Waals surface area contributed by atoms with Gasteiger partial charge in [0.15, 0.2) is 5.76 Å². The van der Waals surface area contributed by atoms with Gasteiger partial charge in [-0.25, -0.2) is 4.39 Å². The third kappa shape index (κ3) is 4.01. The summed E-state index contributed by atoms with van der Waals surface area (Å²) in [5, 5.41) is 11.2. The van der Waals surface area contributed by atoms with Crippen molar-refractivity contribution in [2.75, 3.05) is 0 Å². The van der Waals surface area contributed by atoms with E-state index in [9.17, 15) is 19.3 Å². The summed E-state index contributed by atoms with van der Waals surface area (Å²) in [4.78, 5) is 23.0. The molecule has 0 radical (unpaired) electrons. The molecule has 0 spiro atoms. The van der Waals surface area contributed by atoms with Crippen LogP contribution in [0.5, 0.6) is 11.5 Å². The van der Waals surface area contributed by atoms with Crippen LogP contribution >= 0.6 is 11.6 Å². The molecule has 0 fully saturated rings. The smallest absolute Gasteiger partial charge is 0.270 e. The first kappa shape index (κ1) is 19.6. The standard InChI is InChI=1S/C22H13ClFNO5/c23-19-10-15(24)5-4-14(19)12-29-17-6-7-18-20(11-17)30-21(22(18)26)9-13-2-1-3-16(8-13)25(27)28/h1-11H,12H2/b21-9-. The van der Waals surface area contributed by atoms with Gasteiger partial charge in [-0.2, -0.15) is 0 Å². The summed E-state index contributed by atoms with van der Waals surface area (Å²) in [6.07, 6.45) is 1.45. The number of allylic oxidation sites excluding steroid dienone is 1. The molecule has 1 aliphatic heterocycles. The van der Waals surface area contributed by atoms with Crippen molar-refractivity contribution in [3.8, 4) is 11.5 Å². The monoisotopic (exact) mass is 425 g/mol. The number of rotatable bonds is 5. The molecule has 0 atom stereocenters. The van der Waals surface area contributed by atoms with Gasteiger partial charge in [-0.3, -0.25) is 14.9 Å². The van der Waals surface area contributed by atoms with E-state index >= 15 is 0 Å². The Morgan fingerprint density at radius 1 is 1.13 bits per heavy atom. The Hall–Kier alpha value is -3.71. The van der Waals surface area contributed by atoms with Crippen LogP contribution < -0.4 is 9.47 Å². The van der Waals surface area contributed by atoms with Gasteiger partial charge >= 0.3 is 0 Å². The van der Waals surface area contributed by atoms with Crippen molar-refractivity contribution in [1.82, 2.24) is 0 Å². The summed E-state index contributed by atoms with van der Waals surface area (Å²) in [7, 11) is 0. The number of Topliss-reactive ketones (excluding diaryl/α,β-unsaturated/α-hetero) is 1. The number of ketones is 1. The first-order valence-corrected chi connectivity index (χ1v) is 9.18. The molecule has 1 heterocycles. The van der Waals surface area contributed by atoms with Crippen molar-refractivity contribution >= 4 is 29.1 Å². The van der Waals surface area contributed by atoms with E-state index in [2.05, 4.69) is 0 Å². The van der Waals surface area contributed by atoms with Crippen molar-refractivity contribution in [1.29, 1.82) is 0 Å². The zero-order chi connectivity index (χ0) is 21.3. The fourth-order valence-electron chi connectivity index (χ4n) is 2.94. The number of carbonyl (C=O) groups excluding carboxylic acids is 1. The van der Waals surface area contributed by atoms with Crippen LogP contribution in [0, 0.1) is 15.9 Å². The van der Waals surface area contributed by atoms with E-state index in [1.54, 1.807) is 24.3 Å². The highest BCUT2D eigenvalue weighted by atomic mass is 35.5. The maximum atomic E-state index is 13.1. The molecule has 0 saturated heterocycles. The number of nitro groups is 1. The molecule has 150 valence electrons. The number of fused-ring (bicyclic) bond motifs is 1. The van der Waals surface area contributed by atoms with Crippen LogP contribution in [0.4, 0.5) is 10.1 Å². The second kappa shape index (κ2) is 7.96. The number of nitro benzene ring substituents is 1. The first-order valence-electron chi connectivity index (χ1n) is 8.80. The predicted octanol–water partition coefficient (Wildman–Crippen LogP) is 5.58. The van der Waals surface area contributed by atoms with Gasteiger partial charge in [-0.1, -0.05) is 29.8 Å². The normalized spacial score (nSPS) is 13.8. The van der Waals surface area contributed by atoms with Gasteiger partial charge in [-0.15, -0.1) is 0 Å². The molecule has 0 aliphatic carbocycles. The molecule has 1 aliphatic rings. The summed E-state index contributed by atoms with van der Waals surface area (Å²) >= 11 is 6.00. The molecule has 4 rings (SSSR count). The fourth-order valence-corrected chi connectivity index (χ4v) is 3.16. The minimum absolute atomic E-state index is 0.0595. The lowest BCUT2D eigenvalue weighted by molar-refractivity contribution is -0.384. The molecule has 3 aromatic carbocycles. The molecule has 8 heteroatoms. The average molecular weight is 426 g/mol. The zero-order valence-electron chi connectivity index (χ0n) is 15.3. The maximum absolute atomic E-state index is 13.1. The quantitative estimate of drug-likeness (QED) is 0.303. The van der Waals surface area contributed by atoms with Gasteiger partial charge in [0.2, 0.25) is 5.78 Å². The lowest BCUT2D eigenvalue weighted by Gasteiger charge is -2.08. The molecule has 6 nitrogen and oxygen atoms in total. The van der Waals surface area contributed by atoms with Crippen molar-refractivity contribution < 1.29 is 23.6 Å². The second-order valence-electron chi connectivity index (χ2n) is 6.47. The van der Waals surface area contributed by atoms with Gasteiger partial charge in [-0.05, 0) is 35.9 Å². The Morgan fingerprint density at radius 2 is 1.97 bits per heavy atom.